The van der Waals surface area contributed by atoms with Crippen LogP contribution < -0.4 is 5.32 Å². The molecule has 3 rings (SSSR count). The van der Waals surface area contributed by atoms with Gasteiger partial charge in [-0.25, -0.2) is 0 Å². The predicted octanol–water partition coefficient (Wildman–Crippen LogP) is 1.88. The number of hydrogen-bond acceptors (Lipinski definition) is 3. The highest BCUT2D eigenvalue weighted by Gasteiger charge is 2.42. The van der Waals surface area contributed by atoms with E-state index in [9.17, 15) is 0 Å². The van der Waals surface area contributed by atoms with Gasteiger partial charge in [0.2, 0.25) is 0 Å². The minimum Gasteiger partial charge on any atom is -0.381 e. The van der Waals surface area contributed by atoms with E-state index in [4.69, 9.17) is 14.5 Å². The van der Waals surface area contributed by atoms with Gasteiger partial charge in [-0.05, 0) is 44.9 Å². The first-order valence-electron chi connectivity index (χ1n) is 9.00. The van der Waals surface area contributed by atoms with Crippen LogP contribution in [0.1, 0.15) is 39.0 Å². The van der Waals surface area contributed by atoms with Crippen molar-refractivity contribution in [3.8, 4) is 0 Å². The third-order valence-corrected chi connectivity index (χ3v) is 5.40. The first kappa shape index (κ1) is 16.1. The van der Waals surface area contributed by atoms with Crippen molar-refractivity contribution in [1.82, 2.24) is 10.2 Å². The molecule has 0 aromatic rings. The van der Waals surface area contributed by atoms with E-state index < -0.39 is 0 Å². The highest BCUT2D eigenvalue weighted by Crippen LogP contribution is 2.38. The molecule has 126 valence electrons. The summed E-state index contributed by atoms with van der Waals surface area (Å²) in [4.78, 5) is 7.34. The molecule has 0 aromatic carbocycles. The lowest BCUT2D eigenvalue weighted by molar-refractivity contribution is 0.0646. The maximum absolute atomic E-state index is 5.63. The summed E-state index contributed by atoms with van der Waals surface area (Å²) in [7, 11) is 0. The van der Waals surface area contributed by atoms with Crippen LogP contribution in [0.3, 0.4) is 0 Å². The van der Waals surface area contributed by atoms with Crippen LogP contribution >= 0.6 is 0 Å². The Morgan fingerprint density at radius 2 is 2.09 bits per heavy atom. The molecule has 5 heteroatoms. The number of nitrogens with one attached hydrogen (secondary N) is 1. The zero-order chi connectivity index (χ0) is 15.3. The Bertz CT molecular complexity index is 374. The van der Waals surface area contributed by atoms with Crippen molar-refractivity contribution in [2.75, 3.05) is 52.6 Å². The van der Waals surface area contributed by atoms with E-state index in [2.05, 4.69) is 17.1 Å². The molecule has 1 atom stereocenters. The quantitative estimate of drug-likeness (QED) is 0.636. The Labute approximate surface area is 134 Å². The van der Waals surface area contributed by atoms with Crippen molar-refractivity contribution in [1.29, 1.82) is 0 Å². The van der Waals surface area contributed by atoms with E-state index in [1.54, 1.807) is 0 Å². The summed E-state index contributed by atoms with van der Waals surface area (Å²) in [6.45, 7) is 9.99. The zero-order valence-corrected chi connectivity index (χ0v) is 14.0. The normalized spacial score (nSPS) is 30.4. The van der Waals surface area contributed by atoms with E-state index in [0.717, 1.165) is 64.5 Å². The van der Waals surface area contributed by atoms with Gasteiger partial charge in [0.25, 0.3) is 0 Å². The van der Waals surface area contributed by atoms with Crippen LogP contribution in [0.2, 0.25) is 0 Å². The second-order valence-electron chi connectivity index (χ2n) is 7.05. The minimum absolute atomic E-state index is 0.400. The summed E-state index contributed by atoms with van der Waals surface area (Å²) in [5, 5.41) is 3.48. The summed E-state index contributed by atoms with van der Waals surface area (Å²) in [6, 6.07) is 0. The Hall–Kier alpha value is -0.810. The molecule has 0 amide bonds. The average Bonchev–Trinajstić information content (AvgIpc) is 3.18. The number of rotatable bonds is 4. The lowest BCUT2D eigenvalue weighted by Crippen LogP contribution is -2.41. The molecule has 22 heavy (non-hydrogen) atoms. The Balaban J connectivity index is 1.51. The highest BCUT2D eigenvalue weighted by atomic mass is 16.5. The SMILES string of the molecule is CCNC(=NCCC1CCOCC1)N1CCC2(CCOC2)C1. The van der Waals surface area contributed by atoms with Crippen molar-refractivity contribution in [2.45, 2.75) is 39.0 Å². The average molecular weight is 309 g/mol. The zero-order valence-electron chi connectivity index (χ0n) is 14.0. The van der Waals surface area contributed by atoms with Gasteiger partial charge in [-0.3, -0.25) is 4.99 Å². The smallest absolute Gasteiger partial charge is 0.193 e. The molecule has 0 saturated carbocycles. The topological polar surface area (TPSA) is 46.1 Å². The van der Waals surface area contributed by atoms with Crippen LogP contribution in [0.4, 0.5) is 0 Å². The van der Waals surface area contributed by atoms with Crippen molar-refractivity contribution < 1.29 is 9.47 Å². The predicted molar refractivity (Wildman–Crippen MR) is 88.2 cm³/mol. The van der Waals surface area contributed by atoms with E-state index in [1.165, 1.54) is 32.1 Å². The molecule has 1 unspecified atom stereocenters. The Morgan fingerprint density at radius 1 is 1.23 bits per heavy atom. The van der Waals surface area contributed by atoms with E-state index in [-0.39, 0.29) is 0 Å². The molecule has 3 fully saturated rings. The van der Waals surface area contributed by atoms with Gasteiger partial charge < -0.3 is 19.7 Å². The summed E-state index contributed by atoms with van der Waals surface area (Å²) >= 11 is 0. The van der Waals surface area contributed by atoms with Gasteiger partial charge in [-0.15, -0.1) is 0 Å². The number of guanidine groups is 1. The number of likely N-dealkylation sites (tertiary alicyclic amines) is 1. The molecule has 0 radical (unpaired) electrons. The van der Waals surface area contributed by atoms with Crippen LogP contribution in [0, 0.1) is 11.3 Å². The van der Waals surface area contributed by atoms with Crippen molar-refractivity contribution in [3.63, 3.8) is 0 Å². The maximum Gasteiger partial charge on any atom is 0.193 e. The lowest BCUT2D eigenvalue weighted by Gasteiger charge is -2.25. The molecule has 5 nitrogen and oxygen atoms in total. The molecule has 0 aromatic heterocycles. The van der Waals surface area contributed by atoms with E-state index >= 15 is 0 Å². The fourth-order valence-corrected chi connectivity index (χ4v) is 3.90. The summed E-state index contributed by atoms with van der Waals surface area (Å²) in [6.07, 6.45) is 6.06. The van der Waals surface area contributed by atoms with Crippen molar-refractivity contribution in [2.24, 2.45) is 16.3 Å². The largest absolute Gasteiger partial charge is 0.381 e. The van der Waals surface area contributed by atoms with Crippen LogP contribution in [0.15, 0.2) is 4.99 Å². The van der Waals surface area contributed by atoms with Gasteiger partial charge in [0, 0.05) is 51.4 Å². The molecular weight excluding hydrogens is 278 g/mol. The van der Waals surface area contributed by atoms with E-state index in [1.807, 2.05) is 0 Å². The van der Waals surface area contributed by atoms with Crippen molar-refractivity contribution in [3.05, 3.63) is 0 Å². The minimum atomic E-state index is 0.400. The monoisotopic (exact) mass is 309 g/mol. The fourth-order valence-electron chi connectivity index (χ4n) is 3.90. The van der Waals surface area contributed by atoms with Crippen LogP contribution in [-0.2, 0) is 9.47 Å². The maximum atomic E-state index is 5.63. The molecule has 3 aliphatic heterocycles. The number of hydrogen-bond donors (Lipinski definition) is 1. The standard InChI is InChI=1S/C17H31N3O2/c1-2-18-16(19-8-3-15-4-10-21-11-5-15)20-9-6-17(13-20)7-12-22-14-17/h15H,2-14H2,1H3,(H,18,19). The van der Waals surface area contributed by atoms with Crippen LogP contribution in [-0.4, -0.2) is 63.5 Å². The van der Waals surface area contributed by atoms with Gasteiger partial charge in [0.05, 0.1) is 6.61 Å². The summed E-state index contributed by atoms with van der Waals surface area (Å²) < 4.78 is 11.1. The molecule has 1 N–H and O–H groups in total. The Morgan fingerprint density at radius 3 is 2.82 bits per heavy atom. The number of ether oxygens (including phenoxy) is 2. The molecule has 1 spiro atoms. The molecule has 3 heterocycles. The van der Waals surface area contributed by atoms with Crippen molar-refractivity contribution >= 4 is 5.96 Å². The highest BCUT2D eigenvalue weighted by molar-refractivity contribution is 5.80. The third kappa shape index (κ3) is 3.93. The van der Waals surface area contributed by atoms with Gasteiger partial charge in [-0.2, -0.15) is 0 Å². The summed E-state index contributed by atoms with van der Waals surface area (Å²) in [5.74, 6) is 1.91. The summed E-state index contributed by atoms with van der Waals surface area (Å²) in [5.41, 5.74) is 0.400. The first-order valence-corrected chi connectivity index (χ1v) is 9.00. The first-order chi connectivity index (χ1) is 10.8. The third-order valence-electron chi connectivity index (χ3n) is 5.40. The van der Waals surface area contributed by atoms with Gasteiger partial charge >= 0.3 is 0 Å². The molecule has 0 bridgehead atoms. The Kier molecular flexibility index (Phi) is 5.58. The second kappa shape index (κ2) is 7.64. The van der Waals surface area contributed by atoms with Gasteiger partial charge in [0.1, 0.15) is 0 Å². The van der Waals surface area contributed by atoms with Crippen LogP contribution in [0.5, 0.6) is 0 Å². The number of aliphatic imine (C=N–C) groups is 1. The number of nitrogens with zero attached hydrogens (tertiary/aromatic N) is 2. The van der Waals surface area contributed by atoms with Gasteiger partial charge in [-0.1, -0.05) is 0 Å². The molecule has 3 saturated heterocycles. The molecule has 0 aliphatic carbocycles. The van der Waals surface area contributed by atoms with Gasteiger partial charge in [0.15, 0.2) is 5.96 Å². The fraction of sp³-hybridized carbons (Fsp3) is 0.941. The van der Waals surface area contributed by atoms with E-state index in [0.29, 0.717) is 5.41 Å². The lowest BCUT2D eigenvalue weighted by atomic mass is 9.87. The molecule has 3 aliphatic rings. The molecular formula is C17H31N3O2. The van der Waals surface area contributed by atoms with Crippen LogP contribution in [0.25, 0.3) is 0 Å². The second-order valence-corrected chi connectivity index (χ2v) is 7.05.